The van der Waals surface area contributed by atoms with Crippen LogP contribution in [-0.4, -0.2) is 28.7 Å². The first kappa shape index (κ1) is 17.2. The van der Waals surface area contributed by atoms with Crippen molar-refractivity contribution in [2.75, 3.05) is 13.2 Å². The summed E-state index contributed by atoms with van der Waals surface area (Å²) < 4.78 is 12.1. The van der Waals surface area contributed by atoms with Gasteiger partial charge in [0.2, 0.25) is 0 Å². The van der Waals surface area contributed by atoms with Gasteiger partial charge in [-0.25, -0.2) is 9.78 Å². The molecular formula is C18H18N2O4S. The van der Waals surface area contributed by atoms with Gasteiger partial charge in [0.25, 0.3) is 5.56 Å². The van der Waals surface area contributed by atoms with Crippen LogP contribution in [0.4, 0.5) is 0 Å². The summed E-state index contributed by atoms with van der Waals surface area (Å²) in [5.74, 6) is 0.309. The van der Waals surface area contributed by atoms with Gasteiger partial charge in [-0.15, -0.1) is 11.3 Å². The monoisotopic (exact) mass is 358 g/mol. The number of nitrogens with zero attached hydrogens (tertiary/aromatic N) is 2. The van der Waals surface area contributed by atoms with E-state index in [0.717, 1.165) is 5.75 Å². The molecule has 0 unspecified atom stereocenters. The Morgan fingerprint density at radius 2 is 2.08 bits per heavy atom. The molecule has 0 radical (unpaired) electrons. The molecule has 0 bridgehead atoms. The molecule has 0 saturated heterocycles. The molecule has 0 aliphatic carbocycles. The zero-order valence-corrected chi connectivity index (χ0v) is 14.6. The Bertz CT molecular complexity index is 918. The maximum atomic E-state index is 12.7. The number of fused-ring (bicyclic) bond motifs is 1. The van der Waals surface area contributed by atoms with Gasteiger partial charge in [0.15, 0.2) is 0 Å². The second-order valence-electron chi connectivity index (χ2n) is 5.31. The Balaban J connectivity index is 1.71. The summed E-state index contributed by atoms with van der Waals surface area (Å²) in [6.07, 6.45) is 2.17. The summed E-state index contributed by atoms with van der Waals surface area (Å²) in [5, 5.41) is 1.95. The largest absolute Gasteiger partial charge is 0.494 e. The number of carbonyl (C=O) groups is 1. The number of benzene rings is 1. The van der Waals surface area contributed by atoms with Gasteiger partial charge < -0.3 is 9.47 Å². The van der Waals surface area contributed by atoms with E-state index in [1.807, 2.05) is 30.3 Å². The van der Waals surface area contributed by atoms with E-state index < -0.39 is 5.97 Å². The Morgan fingerprint density at radius 3 is 2.84 bits per heavy atom. The molecule has 25 heavy (non-hydrogen) atoms. The number of aromatic nitrogens is 2. The van der Waals surface area contributed by atoms with E-state index in [4.69, 9.17) is 9.47 Å². The maximum absolute atomic E-state index is 12.7. The highest BCUT2D eigenvalue weighted by atomic mass is 32.1. The first-order chi connectivity index (χ1) is 12.2. The minimum atomic E-state index is -0.488. The van der Waals surface area contributed by atoms with Crippen molar-refractivity contribution in [2.45, 2.75) is 19.9 Å². The van der Waals surface area contributed by atoms with Crippen LogP contribution in [0.5, 0.6) is 5.75 Å². The van der Waals surface area contributed by atoms with Crippen LogP contribution < -0.4 is 10.3 Å². The van der Waals surface area contributed by atoms with Crippen molar-refractivity contribution in [3.05, 3.63) is 58.0 Å². The number of para-hydroxylation sites is 1. The minimum absolute atomic E-state index is 0.228. The molecule has 0 spiro atoms. The molecule has 7 heteroatoms. The van der Waals surface area contributed by atoms with E-state index in [2.05, 4.69) is 4.98 Å². The van der Waals surface area contributed by atoms with Crippen LogP contribution in [-0.2, 0) is 11.3 Å². The van der Waals surface area contributed by atoms with Crippen molar-refractivity contribution in [3.63, 3.8) is 0 Å². The Kier molecular flexibility index (Phi) is 5.45. The highest BCUT2D eigenvalue weighted by Gasteiger charge is 2.18. The number of esters is 1. The van der Waals surface area contributed by atoms with Crippen molar-refractivity contribution in [1.82, 2.24) is 9.55 Å². The van der Waals surface area contributed by atoms with Gasteiger partial charge in [0, 0.05) is 11.9 Å². The number of thiophene rings is 1. The first-order valence-corrected chi connectivity index (χ1v) is 8.90. The van der Waals surface area contributed by atoms with Gasteiger partial charge >= 0.3 is 5.97 Å². The molecule has 2 heterocycles. The molecule has 0 aliphatic heterocycles. The van der Waals surface area contributed by atoms with E-state index >= 15 is 0 Å². The fourth-order valence-corrected chi connectivity index (χ4v) is 3.29. The zero-order valence-electron chi connectivity index (χ0n) is 13.8. The van der Waals surface area contributed by atoms with Gasteiger partial charge in [0.05, 0.1) is 30.5 Å². The third-order valence-corrected chi connectivity index (χ3v) is 4.50. The molecule has 2 aromatic heterocycles. The van der Waals surface area contributed by atoms with E-state index in [1.165, 1.54) is 22.2 Å². The van der Waals surface area contributed by atoms with Crippen LogP contribution in [0.25, 0.3) is 10.2 Å². The molecule has 0 fully saturated rings. The lowest BCUT2D eigenvalue weighted by atomic mass is 10.2. The number of carbonyl (C=O) groups excluding carboxylic acids is 1. The third kappa shape index (κ3) is 3.88. The second-order valence-corrected chi connectivity index (χ2v) is 6.17. The van der Waals surface area contributed by atoms with E-state index in [1.54, 1.807) is 12.3 Å². The predicted molar refractivity (Wildman–Crippen MR) is 96.4 cm³/mol. The summed E-state index contributed by atoms with van der Waals surface area (Å²) in [6, 6.07) is 9.51. The van der Waals surface area contributed by atoms with Gasteiger partial charge in [0.1, 0.15) is 10.6 Å². The van der Waals surface area contributed by atoms with Crippen molar-refractivity contribution in [1.29, 1.82) is 0 Å². The standard InChI is InChI=1S/C18H18N2O4S/c1-2-23-18(22)14-11-25-16-15(14)17(21)20(12-19-16)9-6-10-24-13-7-4-3-5-8-13/h3-5,7-8,11-12H,2,6,9-10H2,1H3. The summed E-state index contributed by atoms with van der Waals surface area (Å²) in [7, 11) is 0. The quantitative estimate of drug-likeness (QED) is 0.479. The molecule has 0 saturated carbocycles. The molecule has 0 amide bonds. The normalized spacial score (nSPS) is 10.8. The molecule has 3 rings (SSSR count). The van der Waals surface area contributed by atoms with Crippen molar-refractivity contribution >= 4 is 27.5 Å². The molecule has 0 aliphatic rings. The van der Waals surface area contributed by atoms with Crippen molar-refractivity contribution < 1.29 is 14.3 Å². The van der Waals surface area contributed by atoms with Crippen LogP contribution in [0.1, 0.15) is 23.7 Å². The molecule has 6 nitrogen and oxygen atoms in total. The zero-order chi connectivity index (χ0) is 17.6. The molecule has 130 valence electrons. The third-order valence-electron chi connectivity index (χ3n) is 3.61. The fourth-order valence-electron chi connectivity index (χ4n) is 2.43. The maximum Gasteiger partial charge on any atom is 0.339 e. The summed E-state index contributed by atoms with van der Waals surface area (Å²) in [5.41, 5.74) is 0.0586. The number of ether oxygens (including phenoxy) is 2. The van der Waals surface area contributed by atoms with Crippen LogP contribution in [0.2, 0.25) is 0 Å². The van der Waals surface area contributed by atoms with Gasteiger partial charge in [-0.2, -0.15) is 0 Å². The lowest BCUT2D eigenvalue weighted by molar-refractivity contribution is 0.0529. The Hall–Kier alpha value is -2.67. The lowest BCUT2D eigenvalue weighted by Crippen LogP contribution is -2.22. The van der Waals surface area contributed by atoms with Crippen LogP contribution in [0.3, 0.4) is 0 Å². The van der Waals surface area contributed by atoms with Gasteiger partial charge in [-0.3, -0.25) is 9.36 Å². The lowest BCUT2D eigenvalue weighted by Gasteiger charge is -2.08. The average molecular weight is 358 g/mol. The molecular weight excluding hydrogens is 340 g/mol. The highest BCUT2D eigenvalue weighted by molar-refractivity contribution is 7.17. The number of hydrogen-bond acceptors (Lipinski definition) is 6. The molecule has 1 aromatic carbocycles. The number of aryl methyl sites for hydroxylation is 1. The van der Waals surface area contributed by atoms with Gasteiger partial charge in [-0.1, -0.05) is 18.2 Å². The fraction of sp³-hybridized carbons (Fsp3) is 0.278. The number of hydrogen-bond donors (Lipinski definition) is 0. The average Bonchev–Trinajstić information content (AvgIpc) is 3.06. The van der Waals surface area contributed by atoms with Crippen LogP contribution in [0, 0.1) is 0 Å². The van der Waals surface area contributed by atoms with E-state index in [-0.39, 0.29) is 17.7 Å². The number of rotatable bonds is 7. The summed E-state index contributed by atoms with van der Waals surface area (Å²) in [6.45, 7) is 2.95. The van der Waals surface area contributed by atoms with E-state index in [9.17, 15) is 9.59 Å². The Morgan fingerprint density at radius 1 is 1.28 bits per heavy atom. The molecule has 0 N–H and O–H groups in total. The topological polar surface area (TPSA) is 70.4 Å². The second kappa shape index (κ2) is 7.94. The van der Waals surface area contributed by atoms with Crippen molar-refractivity contribution in [3.8, 4) is 5.75 Å². The molecule has 3 aromatic rings. The molecule has 0 atom stereocenters. The first-order valence-electron chi connectivity index (χ1n) is 8.02. The van der Waals surface area contributed by atoms with E-state index in [0.29, 0.717) is 29.8 Å². The summed E-state index contributed by atoms with van der Waals surface area (Å²) in [4.78, 5) is 29.5. The van der Waals surface area contributed by atoms with Gasteiger partial charge in [-0.05, 0) is 25.5 Å². The van der Waals surface area contributed by atoms with Crippen LogP contribution in [0.15, 0.2) is 46.8 Å². The van der Waals surface area contributed by atoms with Crippen molar-refractivity contribution in [2.24, 2.45) is 0 Å². The SMILES string of the molecule is CCOC(=O)c1csc2ncn(CCCOc3ccccc3)c(=O)c12. The highest BCUT2D eigenvalue weighted by Crippen LogP contribution is 2.21. The predicted octanol–water partition coefficient (Wildman–Crippen LogP) is 3.10. The smallest absolute Gasteiger partial charge is 0.339 e. The minimum Gasteiger partial charge on any atom is -0.494 e. The summed E-state index contributed by atoms with van der Waals surface area (Å²) >= 11 is 1.27. The Labute approximate surface area is 148 Å². The van der Waals surface area contributed by atoms with Crippen LogP contribution >= 0.6 is 11.3 Å².